The predicted molar refractivity (Wildman–Crippen MR) is 98.0 cm³/mol. The number of halogens is 1. The zero-order valence-electron chi connectivity index (χ0n) is 14.4. The van der Waals surface area contributed by atoms with Gasteiger partial charge in [-0.15, -0.1) is 0 Å². The molecule has 1 aliphatic rings. The molecule has 0 saturated carbocycles. The first kappa shape index (κ1) is 17.2. The number of ether oxygens (including phenoxy) is 1. The summed E-state index contributed by atoms with van der Waals surface area (Å²) in [6.07, 6.45) is 1.90. The number of esters is 1. The number of aromatic amines is 1. The summed E-state index contributed by atoms with van der Waals surface area (Å²) in [5.74, 6) is -0.527. The molecule has 24 heavy (non-hydrogen) atoms. The van der Waals surface area contributed by atoms with Gasteiger partial charge < -0.3 is 15.0 Å². The molecule has 0 saturated heterocycles. The van der Waals surface area contributed by atoms with E-state index in [-0.39, 0.29) is 24.0 Å². The lowest BCUT2D eigenvalue weighted by molar-refractivity contribution is -0.157. The third-order valence-corrected chi connectivity index (χ3v) is 4.76. The van der Waals surface area contributed by atoms with Crippen molar-refractivity contribution in [3.05, 3.63) is 57.8 Å². The molecule has 5 heteroatoms. The SMILES string of the molecule is C[C@@H]1N[C@H](c2ccc(Br)cc2)c2cc[nH]c2[C@H]1C(=O)OC(C)(C)C. The first-order valence-electron chi connectivity index (χ1n) is 8.18. The fraction of sp³-hybridized carbons (Fsp3) is 0.421. The van der Waals surface area contributed by atoms with Crippen LogP contribution in [0.25, 0.3) is 0 Å². The summed E-state index contributed by atoms with van der Waals surface area (Å²) in [5, 5.41) is 3.58. The third-order valence-electron chi connectivity index (χ3n) is 4.23. The van der Waals surface area contributed by atoms with Gasteiger partial charge in [-0.3, -0.25) is 4.79 Å². The van der Waals surface area contributed by atoms with E-state index in [0.29, 0.717) is 0 Å². The molecule has 1 aliphatic heterocycles. The molecule has 0 amide bonds. The van der Waals surface area contributed by atoms with E-state index in [1.807, 2.05) is 52.1 Å². The second-order valence-corrected chi connectivity index (χ2v) is 8.21. The number of hydrogen-bond donors (Lipinski definition) is 2. The smallest absolute Gasteiger partial charge is 0.317 e. The second-order valence-electron chi connectivity index (χ2n) is 7.30. The van der Waals surface area contributed by atoms with Gasteiger partial charge in [0.05, 0.1) is 6.04 Å². The van der Waals surface area contributed by atoms with Crippen molar-refractivity contribution in [3.63, 3.8) is 0 Å². The number of carbonyl (C=O) groups excluding carboxylic acids is 1. The van der Waals surface area contributed by atoms with Gasteiger partial charge in [0.2, 0.25) is 0 Å². The highest BCUT2D eigenvalue weighted by Gasteiger charge is 2.40. The van der Waals surface area contributed by atoms with Gasteiger partial charge in [0.1, 0.15) is 11.5 Å². The van der Waals surface area contributed by atoms with Gasteiger partial charge in [-0.25, -0.2) is 0 Å². The molecule has 2 N–H and O–H groups in total. The lowest BCUT2D eigenvalue weighted by Gasteiger charge is -2.36. The number of hydrogen-bond acceptors (Lipinski definition) is 3. The van der Waals surface area contributed by atoms with E-state index in [1.54, 1.807) is 0 Å². The van der Waals surface area contributed by atoms with Crippen molar-refractivity contribution in [2.24, 2.45) is 0 Å². The average molecular weight is 391 g/mol. The van der Waals surface area contributed by atoms with Gasteiger partial charge in [-0.05, 0) is 57.0 Å². The van der Waals surface area contributed by atoms with Crippen LogP contribution in [0.5, 0.6) is 0 Å². The van der Waals surface area contributed by atoms with Gasteiger partial charge in [-0.1, -0.05) is 28.1 Å². The number of rotatable bonds is 2. The number of nitrogens with one attached hydrogen (secondary N) is 2. The van der Waals surface area contributed by atoms with Crippen LogP contribution >= 0.6 is 15.9 Å². The first-order chi connectivity index (χ1) is 11.3. The van der Waals surface area contributed by atoms with Crippen LogP contribution in [-0.4, -0.2) is 22.6 Å². The van der Waals surface area contributed by atoms with Crippen LogP contribution < -0.4 is 5.32 Å². The van der Waals surface area contributed by atoms with Gasteiger partial charge in [-0.2, -0.15) is 0 Å². The molecule has 0 aliphatic carbocycles. The molecule has 2 heterocycles. The molecule has 0 spiro atoms. The third kappa shape index (κ3) is 3.42. The molecule has 1 aromatic carbocycles. The maximum Gasteiger partial charge on any atom is 0.317 e. The fourth-order valence-electron chi connectivity index (χ4n) is 3.23. The molecule has 128 valence electrons. The number of H-pyrrole nitrogens is 1. The van der Waals surface area contributed by atoms with E-state index in [4.69, 9.17) is 4.74 Å². The highest BCUT2D eigenvalue weighted by atomic mass is 79.9. The summed E-state index contributed by atoms with van der Waals surface area (Å²) in [4.78, 5) is 16.0. The largest absolute Gasteiger partial charge is 0.459 e. The van der Waals surface area contributed by atoms with Crippen LogP contribution in [0, 0.1) is 0 Å². The van der Waals surface area contributed by atoms with E-state index in [1.165, 1.54) is 5.56 Å². The Morgan fingerprint density at radius 1 is 1.17 bits per heavy atom. The molecular weight excluding hydrogens is 368 g/mol. The van der Waals surface area contributed by atoms with Gasteiger partial charge in [0, 0.05) is 22.4 Å². The normalized spacial score (nSPS) is 23.6. The predicted octanol–water partition coefficient (Wildman–Crippen LogP) is 4.28. The van der Waals surface area contributed by atoms with E-state index in [2.05, 4.69) is 38.4 Å². The van der Waals surface area contributed by atoms with Crippen LogP contribution in [0.2, 0.25) is 0 Å². The first-order valence-corrected chi connectivity index (χ1v) is 8.97. The van der Waals surface area contributed by atoms with Gasteiger partial charge >= 0.3 is 5.97 Å². The molecular formula is C19H23BrN2O2. The number of carbonyl (C=O) groups is 1. The standard InChI is InChI=1S/C19H23BrN2O2/c1-11-15(18(23)24-19(2,3)4)17-14(9-10-21-17)16(22-11)12-5-7-13(20)8-6-12/h5-11,15-16,21-22H,1-4H3/t11-,15-,16+/m0/s1. The zero-order valence-corrected chi connectivity index (χ0v) is 16.0. The molecule has 0 fully saturated rings. The van der Waals surface area contributed by atoms with Gasteiger partial charge in [0.25, 0.3) is 0 Å². The van der Waals surface area contributed by atoms with Crippen molar-refractivity contribution in [1.82, 2.24) is 10.3 Å². The molecule has 0 bridgehead atoms. The van der Waals surface area contributed by atoms with Crippen LogP contribution in [0.1, 0.15) is 56.5 Å². The Balaban J connectivity index is 1.94. The summed E-state index contributed by atoms with van der Waals surface area (Å²) in [7, 11) is 0. The lowest BCUT2D eigenvalue weighted by atomic mass is 9.84. The van der Waals surface area contributed by atoms with Crippen molar-refractivity contribution in [3.8, 4) is 0 Å². The highest BCUT2D eigenvalue weighted by Crippen LogP contribution is 2.37. The summed E-state index contributed by atoms with van der Waals surface area (Å²) in [6, 6.07) is 10.3. The van der Waals surface area contributed by atoms with E-state index in [9.17, 15) is 4.79 Å². The molecule has 2 aromatic rings. The minimum absolute atomic E-state index is 0.0281. The number of benzene rings is 1. The van der Waals surface area contributed by atoms with Crippen molar-refractivity contribution < 1.29 is 9.53 Å². The van der Waals surface area contributed by atoms with Crippen LogP contribution in [0.3, 0.4) is 0 Å². The van der Waals surface area contributed by atoms with E-state index < -0.39 is 5.60 Å². The highest BCUT2D eigenvalue weighted by molar-refractivity contribution is 9.10. The van der Waals surface area contributed by atoms with Crippen LogP contribution in [0.4, 0.5) is 0 Å². The van der Waals surface area contributed by atoms with Crippen molar-refractivity contribution >= 4 is 21.9 Å². The van der Waals surface area contributed by atoms with Crippen molar-refractivity contribution in [2.75, 3.05) is 0 Å². The van der Waals surface area contributed by atoms with Crippen LogP contribution in [-0.2, 0) is 9.53 Å². The average Bonchev–Trinajstić information content (AvgIpc) is 2.94. The van der Waals surface area contributed by atoms with Crippen molar-refractivity contribution in [1.29, 1.82) is 0 Å². The van der Waals surface area contributed by atoms with E-state index in [0.717, 1.165) is 15.7 Å². The summed E-state index contributed by atoms with van der Waals surface area (Å²) in [5.41, 5.74) is 2.73. The summed E-state index contributed by atoms with van der Waals surface area (Å²) < 4.78 is 6.68. The zero-order chi connectivity index (χ0) is 17.5. The molecule has 0 radical (unpaired) electrons. The van der Waals surface area contributed by atoms with Crippen molar-refractivity contribution in [2.45, 2.75) is 51.3 Å². The Labute approximate surface area is 151 Å². The molecule has 4 nitrogen and oxygen atoms in total. The van der Waals surface area contributed by atoms with Crippen LogP contribution in [0.15, 0.2) is 41.0 Å². The Hall–Kier alpha value is -1.59. The molecule has 1 aromatic heterocycles. The summed E-state index contributed by atoms with van der Waals surface area (Å²) in [6.45, 7) is 7.72. The molecule has 3 rings (SSSR count). The minimum Gasteiger partial charge on any atom is -0.459 e. The Kier molecular flexibility index (Phi) is 4.58. The Morgan fingerprint density at radius 3 is 2.46 bits per heavy atom. The maximum absolute atomic E-state index is 12.7. The maximum atomic E-state index is 12.7. The quantitative estimate of drug-likeness (QED) is 0.752. The topological polar surface area (TPSA) is 54.1 Å². The molecule has 3 atom stereocenters. The van der Waals surface area contributed by atoms with Gasteiger partial charge in [0.15, 0.2) is 0 Å². The minimum atomic E-state index is -0.494. The second kappa shape index (κ2) is 6.37. The summed E-state index contributed by atoms with van der Waals surface area (Å²) >= 11 is 3.47. The molecule has 0 unspecified atom stereocenters. The number of aromatic nitrogens is 1. The monoisotopic (exact) mass is 390 g/mol. The van der Waals surface area contributed by atoms with E-state index >= 15 is 0 Å². The number of fused-ring (bicyclic) bond motifs is 1. The lowest BCUT2D eigenvalue weighted by Crippen LogP contribution is -2.45. The Bertz CT molecular complexity index is 731. The fourth-order valence-corrected chi connectivity index (χ4v) is 3.50. The Morgan fingerprint density at radius 2 is 1.83 bits per heavy atom.